The number of carbonyl (C=O) groups excluding carboxylic acids is 1. The number of amides is 1. The second-order valence-electron chi connectivity index (χ2n) is 9.25. The maximum atomic E-state index is 12.8. The Morgan fingerprint density at radius 2 is 1.62 bits per heavy atom. The Balaban J connectivity index is 1.50. The van der Waals surface area contributed by atoms with Crippen LogP contribution in [-0.2, 0) is 18.0 Å². The second kappa shape index (κ2) is 14.8. The van der Waals surface area contributed by atoms with Crippen LogP contribution in [0.2, 0.25) is 0 Å². The van der Waals surface area contributed by atoms with Gasteiger partial charge in [-0.05, 0) is 88.4 Å². The van der Waals surface area contributed by atoms with Gasteiger partial charge in [-0.1, -0.05) is 54.6 Å². The van der Waals surface area contributed by atoms with Crippen LogP contribution in [0, 0.1) is 18.3 Å². The molecule has 0 atom stereocenters. The fourth-order valence-corrected chi connectivity index (χ4v) is 4.68. The number of para-hydroxylation sites is 1. The van der Waals surface area contributed by atoms with E-state index in [1.807, 2.05) is 86.6 Å². The van der Waals surface area contributed by atoms with Crippen LogP contribution in [0.15, 0.2) is 95.0 Å². The number of nitrogens with zero attached hydrogens (tertiary/aromatic N) is 1. The van der Waals surface area contributed by atoms with Crippen molar-refractivity contribution in [3.05, 3.63) is 117 Å². The van der Waals surface area contributed by atoms with Gasteiger partial charge in [0, 0.05) is 5.69 Å². The van der Waals surface area contributed by atoms with E-state index in [0.717, 1.165) is 16.7 Å². The second-order valence-corrected chi connectivity index (χ2v) is 10.1. The van der Waals surface area contributed by atoms with Gasteiger partial charge in [0.1, 0.15) is 24.9 Å². The lowest BCUT2D eigenvalue weighted by Crippen LogP contribution is -2.14. The number of benzene rings is 4. The van der Waals surface area contributed by atoms with Gasteiger partial charge in [-0.3, -0.25) is 4.79 Å². The minimum Gasteiger partial charge on any atom is -0.493 e. The predicted molar refractivity (Wildman–Crippen MR) is 167 cm³/mol. The van der Waals surface area contributed by atoms with E-state index in [-0.39, 0.29) is 12.2 Å². The summed E-state index contributed by atoms with van der Waals surface area (Å²) in [5.41, 5.74) is 4.05. The number of hydrogen-bond acceptors (Lipinski definition) is 6. The highest BCUT2D eigenvalue weighted by Crippen LogP contribution is 2.38. The van der Waals surface area contributed by atoms with Gasteiger partial charge in [-0.2, -0.15) is 5.26 Å². The fraction of sp³-hybridized carbons (Fsp3) is 0.176. The summed E-state index contributed by atoms with van der Waals surface area (Å²) in [4.78, 5) is 12.8. The summed E-state index contributed by atoms with van der Waals surface area (Å²) in [7, 11) is 1.60. The van der Waals surface area contributed by atoms with Gasteiger partial charge in [0.05, 0.1) is 18.2 Å². The van der Waals surface area contributed by atoms with Crippen molar-refractivity contribution in [2.24, 2.45) is 0 Å². The molecular weight excluding hydrogens is 596 g/mol. The lowest BCUT2D eigenvalue weighted by atomic mass is 10.1. The van der Waals surface area contributed by atoms with Crippen LogP contribution in [0.1, 0.15) is 29.2 Å². The van der Waals surface area contributed by atoms with Gasteiger partial charge in [0.2, 0.25) is 0 Å². The molecule has 4 rings (SSSR count). The number of hydrogen-bond donors (Lipinski definition) is 1. The molecule has 0 aliphatic rings. The van der Waals surface area contributed by atoms with Crippen molar-refractivity contribution in [3.63, 3.8) is 0 Å². The summed E-state index contributed by atoms with van der Waals surface area (Å²) in [5.74, 6) is 1.72. The molecule has 0 aliphatic heterocycles. The lowest BCUT2D eigenvalue weighted by Gasteiger charge is -2.16. The van der Waals surface area contributed by atoms with Crippen molar-refractivity contribution in [2.45, 2.75) is 27.1 Å². The summed E-state index contributed by atoms with van der Waals surface area (Å²) in [6.07, 6.45) is 1.52. The van der Waals surface area contributed by atoms with E-state index >= 15 is 0 Å². The molecule has 0 saturated carbocycles. The molecule has 1 N–H and O–H groups in total. The topological polar surface area (TPSA) is 89.8 Å². The van der Waals surface area contributed by atoms with Crippen LogP contribution >= 0.6 is 15.9 Å². The maximum Gasteiger partial charge on any atom is 0.266 e. The third-order valence-corrected chi connectivity index (χ3v) is 6.84. The number of nitrogens with one attached hydrogen (secondary N) is 1. The van der Waals surface area contributed by atoms with Crippen molar-refractivity contribution in [3.8, 4) is 29.1 Å². The summed E-state index contributed by atoms with van der Waals surface area (Å²) in [6.45, 7) is 4.83. The molecule has 0 saturated heterocycles. The van der Waals surface area contributed by atoms with E-state index < -0.39 is 5.91 Å². The van der Waals surface area contributed by atoms with Gasteiger partial charge in [-0.25, -0.2) is 0 Å². The zero-order chi connectivity index (χ0) is 29.9. The van der Waals surface area contributed by atoms with Crippen LogP contribution < -0.4 is 24.3 Å². The SMILES string of the molecule is CCOc1cc(/C=C(/C#N)C(=O)Nc2ccccc2C)cc(Br)c1OCc1ccc(OCc2ccccc2)c(OC)c1. The molecule has 0 heterocycles. The molecule has 0 spiro atoms. The molecule has 0 radical (unpaired) electrons. The van der Waals surface area contributed by atoms with Crippen molar-refractivity contribution >= 4 is 33.6 Å². The van der Waals surface area contributed by atoms with E-state index in [1.165, 1.54) is 6.08 Å². The molecule has 1 amide bonds. The van der Waals surface area contributed by atoms with Crippen LogP contribution in [-0.4, -0.2) is 19.6 Å². The van der Waals surface area contributed by atoms with Crippen LogP contribution in [0.25, 0.3) is 6.08 Å². The summed E-state index contributed by atoms with van der Waals surface area (Å²) < 4.78 is 24.2. The van der Waals surface area contributed by atoms with Crippen LogP contribution in [0.5, 0.6) is 23.0 Å². The molecule has 7 nitrogen and oxygen atoms in total. The average Bonchev–Trinajstić information content (AvgIpc) is 3.00. The highest BCUT2D eigenvalue weighted by atomic mass is 79.9. The predicted octanol–water partition coefficient (Wildman–Crippen LogP) is 7.87. The Labute approximate surface area is 254 Å². The first-order chi connectivity index (χ1) is 20.4. The first kappa shape index (κ1) is 30.2. The molecule has 0 bridgehead atoms. The van der Waals surface area contributed by atoms with Gasteiger partial charge < -0.3 is 24.3 Å². The van der Waals surface area contributed by atoms with E-state index in [4.69, 9.17) is 18.9 Å². The van der Waals surface area contributed by atoms with Crippen molar-refractivity contribution in [1.82, 2.24) is 0 Å². The summed E-state index contributed by atoms with van der Waals surface area (Å²) >= 11 is 3.57. The Morgan fingerprint density at radius 1 is 0.881 bits per heavy atom. The Kier molecular flexibility index (Phi) is 10.6. The van der Waals surface area contributed by atoms with Crippen molar-refractivity contribution in [2.75, 3.05) is 19.0 Å². The van der Waals surface area contributed by atoms with E-state index in [0.29, 0.717) is 51.9 Å². The third kappa shape index (κ3) is 7.93. The standard InChI is InChI=1S/C34H31BrN2O5/c1-4-40-32-19-26(16-27(20-36)34(38)37-29-13-9-8-10-23(29)2)17-28(35)33(32)42-22-25-14-15-30(31(18-25)39-3)41-21-24-11-6-5-7-12-24/h5-19H,4,21-22H2,1-3H3,(H,37,38)/b27-16-. The van der Waals surface area contributed by atoms with Crippen molar-refractivity contribution < 1.29 is 23.7 Å². The highest BCUT2D eigenvalue weighted by molar-refractivity contribution is 9.10. The average molecular weight is 628 g/mol. The zero-order valence-electron chi connectivity index (χ0n) is 23.6. The van der Waals surface area contributed by atoms with E-state index in [9.17, 15) is 10.1 Å². The Bertz CT molecular complexity index is 1610. The first-order valence-electron chi connectivity index (χ1n) is 13.3. The number of nitriles is 1. The monoisotopic (exact) mass is 626 g/mol. The quantitative estimate of drug-likeness (QED) is 0.127. The molecule has 0 unspecified atom stereocenters. The number of methoxy groups -OCH3 is 1. The smallest absolute Gasteiger partial charge is 0.266 e. The molecule has 4 aromatic carbocycles. The van der Waals surface area contributed by atoms with Crippen LogP contribution in [0.4, 0.5) is 5.69 Å². The van der Waals surface area contributed by atoms with Crippen molar-refractivity contribution in [1.29, 1.82) is 5.26 Å². The largest absolute Gasteiger partial charge is 0.493 e. The highest BCUT2D eigenvalue weighted by Gasteiger charge is 2.16. The van der Waals surface area contributed by atoms with E-state index in [2.05, 4.69) is 21.2 Å². The molecule has 0 aliphatic carbocycles. The third-order valence-electron chi connectivity index (χ3n) is 6.25. The summed E-state index contributed by atoms with van der Waals surface area (Å²) in [6, 6.07) is 28.5. The first-order valence-corrected chi connectivity index (χ1v) is 14.1. The number of halogens is 1. The molecule has 0 fully saturated rings. The molecular formula is C34H31BrN2O5. The molecule has 0 aromatic heterocycles. The normalized spacial score (nSPS) is 10.9. The molecule has 42 heavy (non-hydrogen) atoms. The lowest BCUT2D eigenvalue weighted by molar-refractivity contribution is -0.112. The van der Waals surface area contributed by atoms with Crippen LogP contribution in [0.3, 0.4) is 0 Å². The molecule has 8 heteroatoms. The van der Waals surface area contributed by atoms with Gasteiger partial charge in [0.15, 0.2) is 23.0 Å². The zero-order valence-corrected chi connectivity index (χ0v) is 25.2. The minimum atomic E-state index is -0.494. The maximum absolute atomic E-state index is 12.8. The molecule has 214 valence electrons. The fourth-order valence-electron chi connectivity index (χ4n) is 4.10. The molecule has 4 aromatic rings. The van der Waals surface area contributed by atoms with Gasteiger partial charge >= 0.3 is 0 Å². The number of aryl methyl sites for hydroxylation is 1. The van der Waals surface area contributed by atoms with E-state index in [1.54, 1.807) is 25.3 Å². The minimum absolute atomic E-state index is 0.0389. The van der Waals surface area contributed by atoms with Gasteiger partial charge in [0.25, 0.3) is 5.91 Å². The summed E-state index contributed by atoms with van der Waals surface area (Å²) in [5, 5.41) is 12.5. The number of ether oxygens (including phenoxy) is 4. The van der Waals surface area contributed by atoms with Gasteiger partial charge in [-0.15, -0.1) is 0 Å². The Hall–Kier alpha value is -4.74. The Morgan fingerprint density at radius 3 is 2.33 bits per heavy atom. The number of anilines is 1. The number of rotatable bonds is 12. The number of carbonyl (C=O) groups is 1.